The highest BCUT2D eigenvalue weighted by atomic mass is 16.2. The SMILES string of the molecule is Cc1cccc(C#Cc2ccc3c(n2)CCN(C2CCCC2)C3=O)c1. The lowest BCUT2D eigenvalue weighted by Crippen LogP contribution is -2.43. The van der Waals surface area contributed by atoms with Gasteiger partial charge in [-0.1, -0.05) is 30.9 Å². The molecule has 2 aromatic rings. The number of benzene rings is 1. The van der Waals surface area contributed by atoms with Crippen molar-refractivity contribution >= 4 is 5.91 Å². The number of hydrogen-bond acceptors (Lipinski definition) is 2. The molecule has 0 atom stereocenters. The van der Waals surface area contributed by atoms with Crippen LogP contribution in [0.2, 0.25) is 0 Å². The second-order valence-electron chi connectivity index (χ2n) is 7.00. The van der Waals surface area contributed by atoms with E-state index in [1.165, 1.54) is 18.4 Å². The van der Waals surface area contributed by atoms with Gasteiger partial charge in [-0.25, -0.2) is 4.98 Å². The normalized spacial score (nSPS) is 17.2. The van der Waals surface area contributed by atoms with Crippen molar-refractivity contribution in [2.24, 2.45) is 0 Å². The fourth-order valence-electron chi connectivity index (χ4n) is 3.86. The van der Waals surface area contributed by atoms with Crippen LogP contribution in [-0.2, 0) is 6.42 Å². The largest absolute Gasteiger partial charge is 0.335 e. The van der Waals surface area contributed by atoms with Gasteiger partial charge in [0.2, 0.25) is 0 Å². The van der Waals surface area contributed by atoms with E-state index in [1.807, 2.05) is 24.3 Å². The van der Waals surface area contributed by atoms with Crippen LogP contribution in [0.5, 0.6) is 0 Å². The van der Waals surface area contributed by atoms with Gasteiger partial charge in [0, 0.05) is 24.6 Å². The topological polar surface area (TPSA) is 33.2 Å². The summed E-state index contributed by atoms with van der Waals surface area (Å²) < 4.78 is 0. The molecule has 126 valence electrons. The zero-order valence-electron chi connectivity index (χ0n) is 14.6. The second kappa shape index (κ2) is 6.72. The van der Waals surface area contributed by atoms with E-state index in [1.54, 1.807) is 0 Å². The monoisotopic (exact) mass is 330 g/mol. The van der Waals surface area contributed by atoms with Gasteiger partial charge in [0.1, 0.15) is 5.69 Å². The van der Waals surface area contributed by atoms with Crippen LogP contribution in [0.15, 0.2) is 36.4 Å². The minimum atomic E-state index is 0.152. The molecular formula is C22H22N2O. The highest BCUT2D eigenvalue weighted by Gasteiger charge is 2.32. The molecular weight excluding hydrogens is 308 g/mol. The first-order valence-corrected chi connectivity index (χ1v) is 9.10. The van der Waals surface area contributed by atoms with Crippen molar-refractivity contribution in [1.29, 1.82) is 0 Å². The minimum absolute atomic E-state index is 0.152. The summed E-state index contributed by atoms with van der Waals surface area (Å²) in [4.78, 5) is 19.5. The van der Waals surface area contributed by atoms with Gasteiger partial charge in [-0.3, -0.25) is 4.79 Å². The summed E-state index contributed by atoms with van der Waals surface area (Å²) in [6.45, 7) is 2.85. The Morgan fingerprint density at radius 3 is 2.76 bits per heavy atom. The third-order valence-corrected chi connectivity index (χ3v) is 5.17. The van der Waals surface area contributed by atoms with E-state index < -0.39 is 0 Å². The quantitative estimate of drug-likeness (QED) is 0.747. The molecule has 1 saturated carbocycles. The van der Waals surface area contributed by atoms with Gasteiger partial charge in [-0.05, 0) is 55.5 Å². The molecule has 0 unspecified atom stereocenters. The lowest BCUT2D eigenvalue weighted by molar-refractivity contribution is 0.0661. The molecule has 2 aliphatic rings. The average molecular weight is 330 g/mol. The van der Waals surface area contributed by atoms with Crippen LogP contribution in [0.3, 0.4) is 0 Å². The van der Waals surface area contributed by atoms with E-state index in [0.29, 0.717) is 6.04 Å². The maximum Gasteiger partial charge on any atom is 0.255 e. The predicted molar refractivity (Wildman–Crippen MR) is 98.4 cm³/mol. The maximum atomic E-state index is 12.8. The zero-order valence-corrected chi connectivity index (χ0v) is 14.6. The number of carbonyl (C=O) groups is 1. The van der Waals surface area contributed by atoms with Crippen molar-refractivity contribution in [2.75, 3.05) is 6.54 Å². The predicted octanol–water partition coefficient (Wildman–Crippen LogP) is 3.73. The summed E-state index contributed by atoms with van der Waals surface area (Å²) in [5.74, 6) is 6.45. The molecule has 0 spiro atoms. The van der Waals surface area contributed by atoms with Crippen molar-refractivity contribution in [3.05, 3.63) is 64.5 Å². The van der Waals surface area contributed by atoms with E-state index >= 15 is 0 Å². The first-order valence-electron chi connectivity index (χ1n) is 9.10. The molecule has 1 amide bonds. The number of pyridine rings is 1. The van der Waals surface area contributed by atoms with E-state index in [4.69, 9.17) is 0 Å². The van der Waals surface area contributed by atoms with E-state index in [9.17, 15) is 4.79 Å². The lowest BCUT2D eigenvalue weighted by Gasteiger charge is -2.33. The second-order valence-corrected chi connectivity index (χ2v) is 7.00. The summed E-state index contributed by atoms with van der Waals surface area (Å²) in [6, 6.07) is 12.3. The molecule has 0 saturated heterocycles. The summed E-state index contributed by atoms with van der Waals surface area (Å²) in [7, 11) is 0. The third kappa shape index (κ3) is 3.30. The Hall–Kier alpha value is -2.60. The molecule has 0 radical (unpaired) electrons. The van der Waals surface area contributed by atoms with Crippen LogP contribution < -0.4 is 0 Å². The van der Waals surface area contributed by atoms with Gasteiger partial charge in [0.25, 0.3) is 5.91 Å². The van der Waals surface area contributed by atoms with Crippen molar-refractivity contribution in [3.8, 4) is 11.8 Å². The first-order chi connectivity index (χ1) is 12.2. The minimum Gasteiger partial charge on any atom is -0.335 e. The highest BCUT2D eigenvalue weighted by molar-refractivity contribution is 5.96. The Balaban J connectivity index is 1.56. The molecule has 25 heavy (non-hydrogen) atoms. The number of nitrogens with zero attached hydrogens (tertiary/aromatic N) is 2. The molecule has 1 fully saturated rings. The Morgan fingerprint density at radius 2 is 1.96 bits per heavy atom. The number of hydrogen-bond donors (Lipinski definition) is 0. The molecule has 4 rings (SSSR count). The zero-order chi connectivity index (χ0) is 17.2. The molecule has 0 N–H and O–H groups in total. The van der Waals surface area contributed by atoms with Crippen LogP contribution in [0, 0.1) is 18.8 Å². The fourth-order valence-corrected chi connectivity index (χ4v) is 3.86. The molecule has 1 aromatic heterocycles. The molecule has 1 aliphatic carbocycles. The number of aromatic nitrogens is 1. The van der Waals surface area contributed by atoms with E-state index in [-0.39, 0.29) is 5.91 Å². The molecule has 3 nitrogen and oxygen atoms in total. The Labute approximate surface area is 149 Å². The third-order valence-electron chi connectivity index (χ3n) is 5.17. The first kappa shape index (κ1) is 15.9. The van der Waals surface area contributed by atoms with Crippen LogP contribution >= 0.6 is 0 Å². The Kier molecular flexibility index (Phi) is 4.28. The van der Waals surface area contributed by atoms with Gasteiger partial charge >= 0.3 is 0 Å². The van der Waals surface area contributed by atoms with Crippen LogP contribution in [0.25, 0.3) is 0 Å². The molecule has 1 aromatic carbocycles. The Bertz CT molecular complexity index is 869. The van der Waals surface area contributed by atoms with Gasteiger partial charge in [0.15, 0.2) is 0 Å². The number of fused-ring (bicyclic) bond motifs is 1. The summed E-state index contributed by atoms with van der Waals surface area (Å²) >= 11 is 0. The van der Waals surface area contributed by atoms with E-state index in [0.717, 1.165) is 48.3 Å². The average Bonchev–Trinajstić information content (AvgIpc) is 3.15. The van der Waals surface area contributed by atoms with Crippen LogP contribution in [0.1, 0.15) is 58.6 Å². The van der Waals surface area contributed by atoms with Crippen LogP contribution in [0.4, 0.5) is 0 Å². The van der Waals surface area contributed by atoms with Gasteiger partial charge in [-0.15, -0.1) is 0 Å². The molecule has 2 heterocycles. The van der Waals surface area contributed by atoms with Gasteiger partial charge in [0.05, 0.1) is 11.3 Å². The number of carbonyl (C=O) groups excluding carboxylic acids is 1. The lowest BCUT2D eigenvalue weighted by atomic mass is 10.0. The van der Waals surface area contributed by atoms with Crippen LogP contribution in [-0.4, -0.2) is 28.4 Å². The van der Waals surface area contributed by atoms with Crippen molar-refractivity contribution < 1.29 is 4.79 Å². The van der Waals surface area contributed by atoms with Gasteiger partial charge in [-0.2, -0.15) is 0 Å². The number of rotatable bonds is 1. The van der Waals surface area contributed by atoms with Crippen molar-refractivity contribution in [1.82, 2.24) is 9.88 Å². The summed E-state index contributed by atoms with van der Waals surface area (Å²) in [5.41, 5.74) is 4.59. The Morgan fingerprint density at radius 1 is 1.12 bits per heavy atom. The number of amides is 1. The van der Waals surface area contributed by atoms with Gasteiger partial charge < -0.3 is 4.90 Å². The molecule has 1 aliphatic heterocycles. The standard InChI is InChI=1S/C22H22N2O/c1-16-5-4-6-17(15-16)9-10-18-11-12-20-21(23-18)13-14-24(22(20)25)19-7-2-3-8-19/h4-6,11-12,15,19H,2-3,7-8,13-14H2,1H3. The highest BCUT2D eigenvalue weighted by Crippen LogP contribution is 2.28. The van der Waals surface area contributed by atoms with Crippen molar-refractivity contribution in [3.63, 3.8) is 0 Å². The molecule has 0 bridgehead atoms. The number of aryl methyl sites for hydroxylation is 1. The summed E-state index contributed by atoms with van der Waals surface area (Å²) in [5, 5.41) is 0. The smallest absolute Gasteiger partial charge is 0.255 e. The fraction of sp³-hybridized carbons (Fsp3) is 0.364. The summed E-state index contributed by atoms with van der Waals surface area (Å²) in [6.07, 6.45) is 5.61. The van der Waals surface area contributed by atoms with E-state index in [2.05, 4.69) is 40.8 Å². The molecule has 3 heteroatoms. The van der Waals surface area contributed by atoms with Crippen molar-refractivity contribution in [2.45, 2.75) is 45.1 Å². The maximum absolute atomic E-state index is 12.8.